The summed E-state index contributed by atoms with van der Waals surface area (Å²) in [7, 11) is -1.99. The normalized spacial score (nSPS) is 28.0. The van der Waals surface area contributed by atoms with Gasteiger partial charge in [0.05, 0.1) is 29.3 Å². The van der Waals surface area contributed by atoms with Crippen LogP contribution in [0.15, 0.2) is 42.6 Å². The molecule has 0 N–H and O–H groups in total. The Morgan fingerprint density at radius 3 is 2.34 bits per heavy atom. The van der Waals surface area contributed by atoms with Crippen LogP contribution in [0.4, 0.5) is 0 Å². The van der Waals surface area contributed by atoms with Crippen LogP contribution in [0.2, 0.25) is 18.1 Å². The van der Waals surface area contributed by atoms with E-state index < -0.39 is 14.4 Å². The molecular weight excluding hydrogens is 382 g/mol. The molecule has 1 aromatic carbocycles. The van der Waals surface area contributed by atoms with E-state index in [4.69, 9.17) is 9.16 Å². The molecule has 6 heteroatoms. The molecule has 0 aromatic heterocycles. The highest BCUT2D eigenvalue weighted by atomic mass is 28.4. The molecule has 0 unspecified atom stereocenters. The van der Waals surface area contributed by atoms with Gasteiger partial charge in [0.1, 0.15) is 6.10 Å². The van der Waals surface area contributed by atoms with E-state index in [0.717, 1.165) is 0 Å². The Balaban J connectivity index is 1.73. The number of rotatable bonds is 5. The molecule has 29 heavy (non-hydrogen) atoms. The van der Waals surface area contributed by atoms with E-state index in [1.807, 2.05) is 19.9 Å². The van der Waals surface area contributed by atoms with Gasteiger partial charge in [0.15, 0.2) is 8.32 Å². The highest BCUT2D eigenvalue weighted by Crippen LogP contribution is 2.49. The van der Waals surface area contributed by atoms with Crippen LogP contribution in [0.1, 0.15) is 45.0 Å². The van der Waals surface area contributed by atoms with Crippen molar-refractivity contribution in [3.8, 4) is 0 Å². The van der Waals surface area contributed by atoms with Crippen molar-refractivity contribution in [2.24, 2.45) is 11.8 Å². The molecule has 0 spiro atoms. The fraction of sp³-hybridized carbons (Fsp3) is 0.565. The number of hydrogen-bond donors (Lipinski definition) is 0. The minimum absolute atomic E-state index is 0.0244. The van der Waals surface area contributed by atoms with E-state index in [0.29, 0.717) is 11.3 Å². The average molecular weight is 416 g/mol. The fourth-order valence-electron chi connectivity index (χ4n) is 4.17. The zero-order valence-corrected chi connectivity index (χ0v) is 19.6. The summed E-state index contributed by atoms with van der Waals surface area (Å²) in [4.78, 5) is 27.2. The Kier molecular flexibility index (Phi) is 5.56. The zero-order valence-electron chi connectivity index (χ0n) is 18.6. The first-order valence-corrected chi connectivity index (χ1v) is 13.2. The summed E-state index contributed by atoms with van der Waals surface area (Å²) in [5.41, 5.74) is 1.08. The second-order valence-corrected chi connectivity index (χ2v) is 14.6. The molecule has 5 nitrogen and oxygen atoms in total. The average Bonchev–Trinajstić information content (AvgIpc) is 2.82. The van der Waals surface area contributed by atoms with E-state index in [9.17, 15) is 9.59 Å². The highest BCUT2D eigenvalue weighted by molar-refractivity contribution is 6.74. The molecule has 2 saturated heterocycles. The number of fused-ring (bicyclic) bond motifs is 1. The quantitative estimate of drug-likeness (QED) is 0.400. The summed E-state index contributed by atoms with van der Waals surface area (Å²) in [5, 5.41) is 0.0758. The van der Waals surface area contributed by atoms with E-state index in [1.54, 1.807) is 29.2 Å². The largest absolute Gasteiger partial charge is 0.452 e. The maximum absolute atomic E-state index is 12.9. The summed E-state index contributed by atoms with van der Waals surface area (Å²) < 4.78 is 12.3. The maximum atomic E-state index is 12.9. The van der Waals surface area contributed by atoms with Gasteiger partial charge < -0.3 is 14.1 Å². The van der Waals surface area contributed by atoms with E-state index in [2.05, 4.69) is 40.4 Å². The third kappa shape index (κ3) is 3.68. The van der Waals surface area contributed by atoms with E-state index >= 15 is 0 Å². The smallest absolute Gasteiger partial charge is 0.338 e. The summed E-state index contributed by atoms with van der Waals surface area (Å²) >= 11 is 0. The Hall–Kier alpha value is -1.92. The summed E-state index contributed by atoms with van der Waals surface area (Å²) in [6.07, 6.45) is -0.676. The third-order valence-corrected chi connectivity index (χ3v) is 11.5. The number of carbonyl (C=O) groups is 2. The molecular formula is C23H33NO4Si. The highest BCUT2D eigenvalue weighted by Gasteiger charge is 2.62. The summed E-state index contributed by atoms with van der Waals surface area (Å²) in [6.45, 7) is 19.1. The number of amides is 1. The number of nitrogens with zero attached hydrogens (tertiary/aromatic N) is 1. The number of ether oxygens (including phenoxy) is 1. The molecule has 0 aliphatic carbocycles. The van der Waals surface area contributed by atoms with Crippen LogP contribution in [0.25, 0.3) is 0 Å². The second kappa shape index (κ2) is 7.40. The van der Waals surface area contributed by atoms with E-state index in [-0.39, 0.29) is 40.9 Å². The molecule has 158 valence electrons. The number of esters is 1. The van der Waals surface area contributed by atoms with Crippen molar-refractivity contribution in [1.29, 1.82) is 0 Å². The molecule has 2 aliphatic rings. The van der Waals surface area contributed by atoms with Crippen LogP contribution in [0.5, 0.6) is 0 Å². The zero-order chi connectivity index (χ0) is 21.7. The van der Waals surface area contributed by atoms with Crippen molar-refractivity contribution >= 4 is 20.2 Å². The first-order chi connectivity index (χ1) is 13.4. The Bertz CT molecular complexity index is 814. The lowest BCUT2D eigenvalue weighted by Crippen LogP contribution is -2.63. The first kappa shape index (κ1) is 21.8. The number of hydrogen-bond acceptors (Lipinski definition) is 4. The van der Waals surface area contributed by atoms with Crippen LogP contribution >= 0.6 is 0 Å². The van der Waals surface area contributed by atoms with Crippen molar-refractivity contribution in [2.75, 3.05) is 0 Å². The Morgan fingerprint density at radius 1 is 1.21 bits per heavy atom. The molecule has 2 aliphatic heterocycles. The Morgan fingerprint density at radius 2 is 1.79 bits per heavy atom. The minimum atomic E-state index is -1.99. The van der Waals surface area contributed by atoms with Crippen LogP contribution < -0.4 is 0 Å². The van der Waals surface area contributed by atoms with Gasteiger partial charge in [0.2, 0.25) is 5.91 Å². The third-order valence-electron chi connectivity index (χ3n) is 6.88. The van der Waals surface area contributed by atoms with Gasteiger partial charge >= 0.3 is 5.97 Å². The molecule has 1 amide bonds. The van der Waals surface area contributed by atoms with Crippen molar-refractivity contribution < 1.29 is 18.8 Å². The van der Waals surface area contributed by atoms with Gasteiger partial charge in [0.25, 0.3) is 0 Å². The van der Waals surface area contributed by atoms with Gasteiger partial charge in [-0.05, 0) is 37.2 Å². The Labute approximate surface area is 175 Å². The van der Waals surface area contributed by atoms with Crippen molar-refractivity contribution in [3.05, 3.63) is 48.2 Å². The van der Waals surface area contributed by atoms with E-state index in [1.165, 1.54) is 0 Å². The lowest BCUT2D eigenvalue weighted by Gasteiger charge is -2.49. The predicted molar refractivity (Wildman–Crippen MR) is 116 cm³/mol. The molecule has 0 saturated carbocycles. The molecule has 2 fully saturated rings. The van der Waals surface area contributed by atoms with Gasteiger partial charge in [-0.1, -0.05) is 52.5 Å². The minimum Gasteiger partial charge on any atom is -0.452 e. The van der Waals surface area contributed by atoms with Crippen LogP contribution in [0, 0.1) is 11.8 Å². The van der Waals surface area contributed by atoms with Gasteiger partial charge in [-0.15, -0.1) is 0 Å². The summed E-state index contributed by atoms with van der Waals surface area (Å²) in [6, 6.07) is 8.87. The standard InChI is InChI=1S/C23H33NO4Si/c1-14-19-18(16(3)28-29(7,8)23(4,5)6)21(25)24(19)15(2)20(14)27-22(26)17-12-10-9-11-13-17/h9-14,16,18-20H,2H2,1,3-8H3/t14-,16-,18+,19-,20-/m1/s1. The SMILES string of the molecule is C=C1[C@H](OC(=O)c2ccccc2)[C@H](C)[C@@H]2[C@H]([C@@H](C)O[Si](C)(C)C(C)(C)C)C(=O)N12. The lowest BCUT2D eigenvalue weighted by molar-refractivity contribution is -0.157. The fourth-order valence-corrected chi connectivity index (χ4v) is 5.60. The monoisotopic (exact) mass is 415 g/mol. The number of β-lactam (4-membered cyclic amide) rings is 1. The van der Waals surface area contributed by atoms with Crippen LogP contribution in [0.3, 0.4) is 0 Å². The summed E-state index contributed by atoms with van der Waals surface area (Å²) in [5.74, 6) is -0.614. The molecule has 2 heterocycles. The number of carbonyl (C=O) groups excluding carboxylic acids is 2. The van der Waals surface area contributed by atoms with Gasteiger partial charge in [-0.2, -0.15) is 0 Å². The maximum Gasteiger partial charge on any atom is 0.338 e. The second-order valence-electron chi connectivity index (χ2n) is 9.85. The topological polar surface area (TPSA) is 55.8 Å². The van der Waals surface area contributed by atoms with Gasteiger partial charge in [-0.25, -0.2) is 4.79 Å². The van der Waals surface area contributed by atoms with Crippen molar-refractivity contribution in [2.45, 2.75) is 71.0 Å². The van der Waals surface area contributed by atoms with Crippen molar-refractivity contribution in [3.63, 3.8) is 0 Å². The molecule has 0 bridgehead atoms. The molecule has 5 atom stereocenters. The lowest BCUT2D eigenvalue weighted by atomic mass is 9.79. The van der Waals surface area contributed by atoms with Crippen LogP contribution in [-0.4, -0.2) is 43.3 Å². The number of benzene rings is 1. The van der Waals surface area contributed by atoms with Gasteiger partial charge in [0, 0.05) is 5.92 Å². The van der Waals surface area contributed by atoms with Crippen LogP contribution in [-0.2, 0) is 14.0 Å². The first-order valence-electron chi connectivity index (χ1n) is 10.3. The predicted octanol–water partition coefficient (Wildman–Crippen LogP) is 4.61. The van der Waals surface area contributed by atoms with Crippen molar-refractivity contribution in [1.82, 2.24) is 4.90 Å². The molecule has 0 radical (unpaired) electrons. The molecule has 1 aromatic rings. The molecule has 3 rings (SSSR count). The van der Waals surface area contributed by atoms with Gasteiger partial charge in [-0.3, -0.25) is 4.79 Å².